The summed E-state index contributed by atoms with van der Waals surface area (Å²) in [5.74, 6) is 1.23. The molecule has 3 heteroatoms. The topological polar surface area (TPSA) is 21.3 Å². The molecule has 1 unspecified atom stereocenters. The van der Waals surface area contributed by atoms with E-state index in [9.17, 15) is 4.39 Å². The number of fused-ring (bicyclic) bond motifs is 1. The molecule has 0 amide bonds. The van der Waals surface area contributed by atoms with Crippen LogP contribution in [0.5, 0.6) is 5.75 Å². The van der Waals surface area contributed by atoms with Gasteiger partial charge in [-0.25, -0.2) is 4.39 Å². The molecule has 1 atom stereocenters. The van der Waals surface area contributed by atoms with Crippen molar-refractivity contribution in [3.05, 3.63) is 42.2 Å². The van der Waals surface area contributed by atoms with E-state index < -0.39 is 0 Å². The SMILES string of the molecule is Fc1cccc2cc(OCC3CCNC3)ccc12. The van der Waals surface area contributed by atoms with Crippen LogP contribution in [0.2, 0.25) is 0 Å². The Kier molecular flexibility index (Phi) is 3.15. The molecule has 0 saturated carbocycles. The third-order valence-electron chi connectivity index (χ3n) is 3.45. The summed E-state index contributed by atoms with van der Waals surface area (Å²) in [4.78, 5) is 0. The number of hydrogen-bond donors (Lipinski definition) is 1. The van der Waals surface area contributed by atoms with Crippen LogP contribution in [0.1, 0.15) is 6.42 Å². The van der Waals surface area contributed by atoms with E-state index in [1.54, 1.807) is 12.1 Å². The number of nitrogens with one attached hydrogen (secondary N) is 1. The fourth-order valence-electron chi connectivity index (χ4n) is 2.38. The summed E-state index contributed by atoms with van der Waals surface area (Å²) >= 11 is 0. The second-order valence-electron chi connectivity index (χ2n) is 4.79. The Labute approximate surface area is 106 Å². The van der Waals surface area contributed by atoms with E-state index in [0.717, 1.165) is 30.8 Å². The summed E-state index contributed by atoms with van der Waals surface area (Å²) in [7, 11) is 0. The minimum absolute atomic E-state index is 0.181. The number of hydrogen-bond acceptors (Lipinski definition) is 2. The van der Waals surface area contributed by atoms with E-state index in [0.29, 0.717) is 11.3 Å². The molecule has 2 nitrogen and oxygen atoms in total. The van der Waals surface area contributed by atoms with Gasteiger partial charge in [0.15, 0.2) is 0 Å². The lowest BCUT2D eigenvalue weighted by molar-refractivity contribution is 0.260. The zero-order valence-corrected chi connectivity index (χ0v) is 10.2. The molecule has 0 spiro atoms. The molecule has 18 heavy (non-hydrogen) atoms. The normalized spacial score (nSPS) is 19.3. The van der Waals surface area contributed by atoms with Crippen LogP contribution in [0.15, 0.2) is 36.4 Å². The summed E-state index contributed by atoms with van der Waals surface area (Å²) < 4.78 is 19.3. The number of ether oxygens (including phenoxy) is 1. The van der Waals surface area contributed by atoms with Gasteiger partial charge >= 0.3 is 0 Å². The Morgan fingerprint density at radius 2 is 2.22 bits per heavy atom. The van der Waals surface area contributed by atoms with Gasteiger partial charge in [-0.2, -0.15) is 0 Å². The Bertz CT molecular complexity index is 549. The van der Waals surface area contributed by atoms with Gasteiger partial charge in [0.25, 0.3) is 0 Å². The molecule has 2 aromatic carbocycles. The molecule has 1 saturated heterocycles. The highest BCUT2D eigenvalue weighted by molar-refractivity contribution is 5.84. The molecule has 94 valence electrons. The van der Waals surface area contributed by atoms with Gasteiger partial charge in [0.1, 0.15) is 11.6 Å². The van der Waals surface area contributed by atoms with Gasteiger partial charge in [0.05, 0.1) is 6.61 Å². The van der Waals surface area contributed by atoms with Gasteiger partial charge in [0, 0.05) is 17.8 Å². The predicted molar refractivity (Wildman–Crippen MR) is 70.4 cm³/mol. The molecule has 1 aliphatic rings. The maximum atomic E-state index is 13.5. The molecule has 3 rings (SSSR count). The largest absolute Gasteiger partial charge is 0.493 e. The molecule has 1 heterocycles. The van der Waals surface area contributed by atoms with Crippen molar-refractivity contribution in [2.45, 2.75) is 6.42 Å². The van der Waals surface area contributed by atoms with Crippen LogP contribution in [-0.4, -0.2) is 19.7 Å². The van der Waals surface area contributed by atoms with Crippen molar-refractivity contribution >= 4 is 10.8 Å². The first-order valence-corrected chi connectivity index (χ1v) is 6.35. The maximum absolute atomic E-state index is 13.5. The average Bonchev–Trinajstić information content (AvgIpc) is 2.90. The average molecular weight is 245 g/mol. The first-order chi connectivity index (χ1) is 8.83. The van der Waals surface area contributed by atoms with E-state index in [1.807, 2.05) is 18.2 Å². The van der Waals surface area contributed by atoms with E-state index >= 15 is 0 Å². The van der Waals surface area contributed by atoms with Gasteiger partial charge in [0.2, 0.25) is 0 Å². The van der Waals surface area contributed by atoms with Crippen LogP contribution in [0.3, 0.4) is 0 Å². The molecule has 1 aliphatic heterocycles. The van der Waals surface area contributed by atoms with Crippen molar-refractivity contribution in [3.8, 4) is 5.75 Å². The van der Waals surface area contributed by atoms with Crippen molar-refractivity contribution in [2.75, 3.05) is 19.7 Å². The third-order valence-corrected chi connectivity index (χ3v) is 3.45. The summed E-state index contributed by atoms with van der Waals surface area (Å²) in [6, 6.07) is 10.6. The molecular formula is C15H16FNO. The summed E-state index contributed by atoms with van der Waals surface area (Å²) in [5, 5.41) is 4.85. The fourth-order valence-corrected chi connectivity index (χ4v) is 2.38. The summed E-state index contributed by atoms with van der Waals surface area (Å²) in [6.45, 7) is 2.84. The second kappa shape index (κ2) is 4.94. The Hall–Kier alpha value is -1.61. The highest BCUT2D eigenvalue weighted by Gasteiger charge is 2.14. The summed E-state index contributed by atoms with van der Waals surface area (Å²) in [6.07, 6.45) is 1.17. The highest BCUT2D eigenvalue weighted by atomic mass is 19.1. The number of benzene rings is 2. The van der Waals surface area contributed by atoms with Crippen molar-refractivity contribution in [2.24, 2.45) is 5.92 Å². The maximum Gasteiger partial charge on any atom is 0.131 e. The summed E-state index contributed by atoms with van der Waals surface area (Å²) in [5.41, 5.74) is 0. The van der Waals surface area contributed by atoms with Crippen molar-refractivity contribution in [1.29, 1.82) is 0 Å². The molecule has 0 radical (unpaired) electrons. The molecule has 2 aromatic rings. The number of rotatable bonds is 3. The first-order valence-electron chi connectivity index (χ1n) is 6.35. The molecule has 0 bridgehead atoms. The van der Waals surface area contributed by atoms with Crippen LogP contribution in [0.25, 0.3) is 10.8 Å². The fraction of sp³-hybridized carbons (Fsp3) is 0.333. The molecule has 0 aliphatic carbocycles. The Balaban J connectivity index is 1.76. The van der Waals surface area contributed by atoms with Gasteiger partial charge in [-0.15, -0.1) is 0 Å². The van der Waals surface area contributed by atoms with Crippen molar-refractivity contribution in [3.63, 3.8) is 0 Å². The highest BCUT2D eigenvalue weighted by Crippen LogP contribution is 2.23. The second-order valence-corrected chi connectivity index (χ2v) is 4.79. The quantitative estimate of drug-likeness (QED) is 0.897. The van der Waals surface area contributed by atoms with Crippen molar-refractivity contribution in [1.82, 2.24) is 5.32 Å². The molecule has 1 fully saturated rings. The van der Waals surface area contributed by atoms with Crippen LogP contribution >= 0.6 is 0 Å². The van der Waals surface area contributed by atoms with Gasteiger partial charge in [-0.3, -0.25) is 0 Å². The lowest BCUT2D eigenvalue weighted by atomic mass is 10.1. The zero-order valence-electron chi connectivity index (χ0n) is 10.2. The van der Waals surface area contributed by atoms with Crippen LogP contribution in [0.4, 0.5) is 4.39 Å². The lowest BCUT2D eigenvalue weighted by Gasteiger charge is -2.11. The lowest BCUT2D eigenvalue weighted by Crippen LogP contribution is -2.15. The Morgan fingerprint density at radius 3 is 3.06 bits per heavy atom. The van der Waals surface area contributed by atoms with Gasteiger partial charge in [-0.1, -0.05) is 12.1 Å². The van der Waals surface area contributed by atoms with Crippen molar-refractivity contribution < 1.29 is 9.13 Å². The minimum Gasteiger partial charge on any atom is -0.493 e. The van der Waals surface area contributed by atoms with E-state index in [4.69, 9.17) is 4.74 Å². The van der Waals surface area contributed by atoms with Gasteiger partial charge in [-0.05, 0) is 42.6 Å². The first kappa shape index (κ1) is 11.5. The molecular weight excluding hydrogens is 229 g/mol. The monoisotopic (exact) mass is 245 g/mol. The van der Waals surface area contributed by atoms with Gasteiger partial charge < -0.3 is 10.1 Å². The standard InChI is InChI=1S/C15H16FNO/c16-15-3-1-2-12-8-13(4-5-14(12)15)18-10-11-6-7-17-9-11/h1-5,8,11,17H,6-7,9-10H2. The Morgan fingerprint density at radius 1 is 1.28 bits per heavy atom. The van der Waals surface area contributed by atoms with Crippen LogP contribution in [-0.2, 0) is 0 Å². The third kappa shape index (κ3) is 2.31. The van der Waals surface area contributed by atoms with E-state index in [-0.39, 0.29) is 5.82 Å². The molecule has 1 N–H and O–H groups in total. The van der Waals surface area contributed by atoms with E-state index in [1.165, 1.54) is 12.5 Å². The van der Waals surface area contributed by atoms with E-state index in [2.05, 4.69) is 5.32 Å². The zero-order chi connectivity index (χ0) is 12.4. The predicted octanol–water partition coefficient (Wildman–Crippen LogP) is 2.97. The van der Waals surface area contributed by atoms with Crippen LogP contribution < -0.4 is 10.1 Å². The van der Waals surface area contributed by atoms with Crippen LogP contribution in [0, 0.1) is 11.7 Å². The minimum atomic E-state index is -0.181. The molecule has 0 aromatic heterocycles. The smallest absolute Gasteiger partial charge is 0.131 e. The number of halogens is 1.